The first-order chi connectivity index (χ1) is 11.1. The fourth-order valence-corrected chi connectivity index (χ4v) is 3.33. The van der Waals surface area contributed by atoms with Crippen molar-refractivity contribution in [2.75, 3.05) is 20.6 Å². The normalized spacial score (nSPS) is 26.4. The van der Waals surface area contributed by atoms with E-state index in [0.29, 0.717) is 5.92 Å². The zero-order chi connectivity index (χ0) is 16.3. The molecule has 0 aliphatic carbocycles. The first kappa shape index (κ1) is 16.0. The number of hydrogen-bond acceptors (Lipinski definition) is 3. The summed E-state index contributed by atoms with van der Waals surface area (Å²) >= 11 is 0. The van der Waals surface area contributed by atoms with Gasteiger partial charge in [0.25, 0.3) is 0 Å². The molecule has 1 aromatic carbocycles. The summed E-state index contributed by atoms with van der Waals surface area (Å²) in [5.41, 5.74) is 2.33. The molecule has 0 amide bonds. The third-order valence-corrected chi connectivity index (χ3v) is 4.67. The van der Waals surface area contributed by atoms with E-state index in [0.717, 1.165) is 31.6 Å². The predicted octanol–water partition coefficient (Wildman–Crippen LogP) is 3.86. The van der Waals surface area contributed by atoms with E-state index in [1.807, 2.05) is 12.4 Å². The van der Waals surface area contributed by atoms with Gasteiger partial charge in [0, 0.05) is 31.3 Å². The summed E-state index contributed by atoms with van der Waals surface area (Å²) in [5, 5.41) is 0. The van der Waals surface area contributed by atoms with Gasteiger partial charge >= 0.3 is 0 Å². The molecular formula is C20H26N2O. The van der Waals surface area contributed by atoms with Crippen LogP contribution in [0.1, 0.15) is 25.3 Å². The number of ether oxygens (including phenoxy) is 1. The molecule has 0 saturated heterocycles. The minimum absolute atomic E-state index is 0.253. The summed E-state index contributed by atoms with van der Waals surface area (Å²) in [7, 11) is 4.24. The number of benzene rings is 1. The number of nitrogens with zero attached hydrogens (tertiary/aromatic N) is 2. The summed E-state index contributed by atoms with van der Waals surface area (Å²) in [6, 6.07) is 8.42. The highest BCUT2D eigenvalue weighted by Crippen LogP contribution is 2.40. The Morgan fingerprint density at radius 2 is 2.13 bits per heavy atom. The molecule has 0 saturated carbocycles. The van der Waals surface area contributed by atoms with Gasteiger partial charge in [-0.25, -0.2) is 0 Å². The third kappa shape index (κ3) is 3.56. The van der Waals surface area contributed by atoms with Crippen LogP contribution in [0, 0.1) is 5.92 Å². The molecule has 3 heteroatoms. The minimum Gasteiger partial charge on any atom is -0.482 e. The van der Waals surface area contributed by atoms with Crippen LogP contribution < -0.4 is 4.74 Å². The Labute approximate surface area is 139 Å². The molecule has 3 rings (SSSR count). The molecule has 0 aromatic heterocycles. The molecule has 2 aliphatic rings. The summed E-state index contributed by atoms with van der Waals surface area (Å²) < 4.78 is 6.61. The van der Waals surface area contributed by atoms with Crippen LogP contribution in [-0.2, 0) is 6.42 Å². The van der Waals surface area contributed by atoms with Crippen LogP contribution in [0.3, 0.4) is 0 Å². The Kier molecular flexibility index (Phi) is 4.67. The van der Waals surface area contributed by atoms with E-state index in [4.69, 9.17) is 4.74 Å². The highest BCUT2D eigenvalue weighted by Gasteiger charge is 2.39. The molecule has 3 nitrogen and oxygen atoms in total. The highest BCUT2D eigenvalue weighted by molar-refractivity contribution is 5.65. The lowest BCUT2D eigenvalue weighted by molar-refractivity contribution is 0.0688. The zero-order valence-electron chi connectivity index (χ0n) is 14.3. The molecule has 1 unspecified atom stereocenters. The van der Waals surface area contributed by atoms with Gasteiger partial charge in [0.1, 0.15) is 11.4 Å². The average molecular weight is 310 g/mol. The molecule has 2 heterocycles. The van der Waals surface area contributed by atoms with E-state index in [1.54, 1.807) is 0 Å². The molecule has 0 bridgehead atoms. The van der Waals surface area contributed by atoms with Gasteiger partial charge in [0.2, 0.25) is 0 Å². The van der Waals surface area contributed by atoms with Crippen molar-refractivity contribution in [3.05, 3.63) is 53.8 Å². The summed E-state index contributed by atoms with van der Waals surface area (Å²) in [6.07, 6.45) is 11.4. The van der Waals surface area contributed by atoms with Crippen LogP contribution in [-0.4, -0.2) is 37.4 Å². The third-order valence-electron chi connectivity index (χ3n) is 4.67. The number of para-hydroxylation sites is 1. The van der Waals surface area contributed by atoms with E-state index in [2.05, 4.69) is 67.3 Å². The Hall–Kier alpha value is -1.87. The number of allylic oxidation sites excluding steroid dienone is 1. The zero-order valence-corrected chi connectivity index (χ0v) is 14.3. The van der Waals surface area contributed by atoms with E-state index in [1.165, 1.54) is 11.1 Å². The monoisotopic (exact) mass is 310 g/mol. The van der Waals surface area contributed by atoms with Crippen molar-refractivity contribution < 1.29 is 4.74 Å². The Balaban J connectivity index is 1.96. The van der Waals surface area contributed by atoms with Crippen molar-refractivity contribution >= 4 is 6.21 Å². The highest BCUT2D eigenvalue weighted by atomic mass is 16.5. The summed E-state index contributed by atoms with van der Waals surface area (Å²) in [5.74, 6) is 1.36. The number of aliphatic imine (C=N–C) groups is 1. The minimum atomic E-state index is -0.253. The maximum absolute atomic E-state index is 6.61. The van der Waals surface area contributed by atoms with Crippen LogP contribution in [0.2, 0.25) is 0 Å². The number of aryl methyl sites for hydroxylation is 1. The number of hydrogen-bond donors (Lipinski definition) is 0. The molecule has 122 valence electrons. The molecule has 0 N–H and O–H groups in total. The van der Waals surface area contributed by atoms with Crippen molar-refractivity contribution in [1.82, 2.24) is 4.90 Å². The lowest BCUT2D eigenvalue weighted by Crippen LogP contribution is -2.43. The lowest BCUT2D eigenvalue weighted by atomic mass is 9.80. The second-order valence-corrected chi connectivity index (χ2v) is 6.85. The second-order valence-electron chi connectivity index (χ2n) is 6.85. The maximum atomic E-state index is 6.61. The largest absolute Gasteiger partial charge is 0.482 e. The van der Waals surface area contributed by atoms with Crippen molar-refractivity contribution in [2.45, 2.75) is 31.8 Å². The molecule has 1 aromatic rings. The molecule has 2 aliphatic heterocycles. The van der Waals surface area contributed by atoms with Crippen LogP contribution >= 0.6 is 0 Å². The van der Waals surface area contributed by atoms with E-state index in [-0.39, 0.29) is 5.60 Å². The SMILES string of the molecule is C[C@@H]1C=NC=CC(C2(CCN(C)C)CCc3ccccc3O2)=C1. The van der Waals surface area contributed by atoms with Gasteiger partial charge in [-0.3, -0.25) is 4.99 Å². The predicted molar refractivity (Wildman–Crippen MR) is 96.2 cm³/mol. The van der Waals surface area contributed by atoms with Gasteiger partial charge < -0.3 is 9.64 Å². The first-order valence-corrected chi connectivity index (χ1v) is 8.43. The van der Waals surface area contributed by atoms with Gasteiger partial charge in [-0.15, -0.1) is 0 Å². The van der Waals surface area contributed by atoms with Gasteiger partial charge in [0.05, 0.1) is 0 Å². The molecular weight excluding hydrogens is 284 g/mol. The number of rotatable bonds is 4. The second kappa shape index (κ2) is 6.71. The standard InChI is InChI=1S/C20H26N2O/c1-16-14-18(9-12-21-15-16)20(11-13-22(2)3)10-8-17-6-4-5-7-19(17)23-20/h4-7,9,12,14-16H,8,10-11,13H2,1-3H3/t16-,20?/m0/s1. The van der Waals surface area contributed by atoms with E-state index >= 15 is 0 Å². The van der Waals surface area contributed by atoms with Crippen LogP contribution in [0.5, 0.6) is 5.75 Å². The summed E-state index contributed by atoms with van der Waals surface area (Å²) in [4.78, 5) is 6.57. The van der Waals surface area contributed by atoms with Gasteiger partial charge in [-0.2, -0.15) is 0 Å². The molecule has 0 radical (unpaired) electrons. The van der Waals surface area contributed by atoms with Gasteiger partial charge in [-0.05, 0) is 50.2 Å². The smallest absolute Gasteiger partial charge is 0.135 e. The fourth-order valence-electron chi connectivity index (χ4n) is 3.33. The fraction of sp³-hybridized carbons (Fsp3) is 0.450. The molecule has 2 atom stereocenters. The van der Waals surface area contributed by atoms with E-state index in [9.17, 15) is 0 Å². The van der Waals surface area contributed by atoms with Gasteiger partial charge in [0.15, 0.2) is 0 Å². The van der Waals surface area contributed by atoms with Crippen LogP contribution in [0.4, 0.5) is 0 Å². The first-order valence-electron chi connectivity index (χ1n) is 8.43. The summed E-state index contributed by atoms with van der Waals surface area (Å²) in [6.45, 7) is 3.18. The Morgan fingerprint density at radius 1 is 1.30 bits per heavy atom. The maximum Gasteiger partial charge on any atom is 0.135 e. The molecule has 0 spiro atoms. The molecule has 0 fully saturated rings. The topological polar surface area (TPSA) is 24.8 Å². The van der Waals surface area contributed by atoms with Crippen molar-refractivity contribution in [1.29, 1.82) is 0 Å². The average Bonchev–Trinajstić information content (AvgIpc) is 2.77. The van der Waals surface area contributed by atoms with Gasteiger partial charge in [-0.1, -0.05) is 31.2 Å². The van der Waals surface area contributed by atoms with Crippen molar-refractivity contribution in [3.8, 4) is 5.75 Å². The number of fused-ring (bicyclic) bond motifs is 1. The lowest BCUT2D eigenvalue weighted by Gasteiger charge is -2.41. The molecule has 23 heavy (non-hydrogen) atoms. The van der Waals surface area contributed by atoms with Crippen LogP contribution in [0.25, 0.3) is 0 Å². The van der Waals surface area contributed by atoms with Crippen molar-refractivity contribution in [3.63, 3.8) is 0 Å². The quantitative estimate of drug-likeness (QED) is 0.843. The van der Waals surface area contributed by atoms with E-state index < -0.39 is 0 Å². The van der Waals surface area contributed by atoms with Crippen molar-refractivity contribution in [2.24, 2.45) is 10.9 Å². The Bertz CT molecular complexity index is 645. The van der Waals surface area contributed by atoms with Crippen LogP contribution in [0.15, 0.2) is 53.2 Å². The Morgan fingerprint density at radius 3 is 2.96 bits per heavy atom.